The monoisotopic (exact) mass is 379 g/mol. The average molecular weight is 381 g/mol. The second-order valence-corrected chi connectivity index (χ2v) is 5.97. The Kier molecular flexibility index (Phi) is 6.51. The smallest absolute Gasteiger partial charge is 0.267 e. The Morgan fingerprint density at radius 3 is 2.58 bits per heavy atom. The molecule has 0 atom stereocenters. The number of carbonyl (C=O) groups is 1. The Morgan fingerprint density at radius 2 is 1.88 bits per heavy atom. The first-order chi connectivity index (χ1) is 11.5. The van der Waals surface area contributed by atoms with Crippen LogP contribution in [0.15, 0.2) is 54.2 Å². The van der Waals surface area contributed by atoms with E-state index in [9.17, 15) is 4.79 Å². The molecule has 0 unspecified atom stereocenters. The van der Waals surface area contributed by atoms with Gasteiger partial charge in [0.05, 0.1) is 10.7 Å². The van der Waals surface area contributed by atoms with Gasteiger partial charge in [-0.05, 0) is 29.8 Å². The van der Waals surface area contributed by atoms with Crippen LogP contribution in [0.2, 0.25) is 15.1 Å². The van der Waals surface area contributed by atoms with Crippen LogP contribution in [0, 0.1) is 11.3 Å². The maximum absolute atomic E-state index is 12.1. The number of nitriles is 1. The first-order valence-electron chi connectivity index (χ1n) is 6.84. The van der Waals surface area contributed by atoms with Crippen molar-refractivity contribution in [2.75, 3.05) is 5.32 Å². The standard InChI is InChI=1S/C17H12Cl3N3O/c18-13-5-6-15(20)16(7-13)23-17(24)12(8-21)10-22-9-11-3-1-2-4-14(11)19/h1-7,10,22H,9H2,(H,23,24)/b12-10-. The van der Waals surface area contributed by atoms with Gasteiger partial charge >= 0.3 is 0 Å². The second kappa shape index (κ2) is 8.60. The lowest BCUT2D eigenvalue weighted by atomic mass is 10.2. The number of halogens is 3. The Morgan fingerprint density at radius 1 is 1.12 bits per heavy atom. The fourth-order valence-corrected chi connectivity index (χ4v) is 2.38. The van der Waals surface area contributed by atoms with Gasteiger partial charge < -0.3 is 10.6 Å². The third kappa shape index (κ3) is 4.90. The summed E-state index contributed by atoms with van der Waals surface area (Å²) in [7, 11) is 0. The van der Waals surface area contributed by atoms with Crippen LogP contribution in [-0.4, -0.2) is 5.91 Å². The van der Waals surface area contributed by atoms with Gasteiger partial charge in [0.15, 0.2) is 0 Å². The van der Waals surface area contributed by atoms with Crippen molar-refractivity contribution in [1.82, 2.24) is 5.32 Å². The van der Waals surface area contributed by atoms with E-state index < -0.39 is 5.91 Å². The summed E-state index contributed by atoms with van der Waals surface area (Å²) in [6, 6.07) is 13.8. The Balaban J connectivity index is 2.05. The topological polar surface area (TPSA) is 64.9 Å². The van der Waals surface area contributed by atoms with E-state index in [-0.39, 0.29) is 5.57 Å². The van der Waals surface area contributed by atoms with E-state index in [1.54, 1.807) is 18.2 Å². The lowest BCUT2D eigenvalue weighted by Crippen LogP contribution is -2.17. The Hall–Kier alpha value is -2.19. The first kappa shape index (κ1) is 18.2. The van der Waals surface area contributed by atoms with Gasteiger partial charge in [0, 0.05) is 22.8 Å². The molecule has 7 heteroatoms. The molecular formula is C17H12Cl3N3O. The quantitative estimate of drug-likeness (QED) is 0.579. The molecule has 0 aliphatic heterocycles. The van der Waals surface area contributed by atoms with E-state index >= 15 is 0 Å². The molecule has 2 aromatic carbocycles. The highest BCUT2D eigenvalue weighted by molar-refractivity contribution is 6.36. The Labute approximate surface area is 154 Å². The molecule has 24 heavy (non-hydrogen) atoms. The molecule has 0 saturated heterocycles. The van der Waals surface area contributed by atoms with Crippen molar-refractivity contribution in [2.45, 2.75) is 6.54 Å². The number of benzene rings is 2. The number of nitrogens with one attached hydrogen (secondary N) is 2. The van der Waals surface area contributed by atoms with Gasteiger partial charge in [-0.1, -0.05) is 53.0 Å². The summed E-state index contributed by atoms with van der Waals surface area (Å²) in [5.41, 5.74) is 1.09. The van der Waals surface area contributed by atoms with Crippen LogP contribution < -0.4 is 10.6 Å². The van der Waals surface area contributed by atoms with Crippen molar-refractivity contribution in [3.8, 4) is 6.07 Å². The molecule has 0 bridgehead atoms. The van der Waals surface area contributed by atoms with Gasteiger partial charge in [0.25, 0.3) is 5.91 Å². The van der Waals surface area contributed by atoms with E-state index in [0.717, 1.165) is 5.56 Å². The predicted molar refractivity (Wildman–Crippen MR) is 97.1 cm³/mol. The summed E-state index contributed by atoms with van der Waals surface area (Å²) in [5, 5.41) is 15.9. The molecule has 2 rings (SSSR count). The van der Waals surface area contributed by atoms with Crippen LogP contribution in [0.25, 0.3) is 0 Å². The second-order valence-electron chi connectivity index (χ2n) is 4.72. The lowest BCUT2D eigenvalue weighted by Gasteiger charge is -2.08. The zero-order valence-corrected chi connectivity index (χ0v) is 14.6. The van der Waals surface area contributed by atoms with Crippen LogP contribution in [0.3, 0.4) is 0 Å². The third-order valence-corrected chi connectivity index (χ3v) is 3.97. The highest BCUT2D eigenvalue weighted by Gasteiger charge is 2.11. The lowest BCUT2D eigenvalue weighted by molar-refractivity contribution is -0.112. The third-order valence-electron chi connectivity index (χ3n) is 3.04. The highest BCUT2D eigenvalue weighted by Crippen LogP contribution is 2.25. The minimum absolute atomic E-state index is 0.0990. The van der Waals surface area contributed by atoms with Crippen LogP contribution in [0.4, 0.5) is 5.69 Å². The molecule has 4 nitrogen and oxygen atoms in total. The predicted octanol–water partition coefficient (Wildman–Crippen LogP) is 4.78. The van der Waals surface area contributed by atoms with Gasteiger partial charge in [0.2, 0.25) is 0 Å². The summed E-state index contributed by atoms with van der Waals surface area (Å²) in [6.07, 6.45) is 1.33. The normalized spacial score (nSPS) is 10.8. The van der Waals surface area contributed by atoms with Crippen molar-refractivity contribution in [3.05, 3.63) is 74.9 Å². The number of rotatable bonds is 5. The summed E-state index contributed by atoms with van der Waals surface area (Å²) in [4.78, 5) is 12.1. The fourth-order valence-electron chi connectivity index (χ4n) is 1.84. The maximum Gasteiger partial charge on any atom is 0.267 e. The van der Waals surface area contributed by atoms with Crippen LogP contribution in [0.1, 0.15) is 5.56 Å². The van der Waals surface area contributed by atoms with Crippen LogP contribution >= 0.6 is 34.8 Å². The Bertz CT molecular complexity index is 828. The number of anilines is 1. The minimum Gasteiger partial charge on any atom is -0.386 e. The van der Waals surface area contributed by atoms with Crippen molar-refractivity contribution in [2.24, 2.45) is 0 Å². The zero-order chi connectivity index (χ0) is 17.5. The SMILES string of the molecule is N#C/C(=C/NCc1ccccc1Cl)C(=O)Nc1cc(Cl)ccc1Cl. The van der Waals surface area contributed by atoms with E-state index in [1.807, 2.05) is 24.3 Å². The summed E-state index contributed by atoms with van der Waals surface area (Å²) >= 11 is 17.9. The maximum atomic E-state index is 12.1. The van der Waals surface area contributed by atoms with Gasteiger partial charge in [-0.2, -0.15) is 5.26 Å². The largest absolute Gasteiger partial charge is 0.386 e. The minimum atomic E-state index is -0.590. The molecule has 2 N–H and O–H groups in total. The number of hydrogen-bond donors (Lipinski definition) is 2. The molecule has 0 saturated carbocycles. The number of nitrogens with zero attached hydrogens (tertiary/aromatic N) is 1. The van der Waals surface area contributed by atoms with E-state index in [4.69, 9.17) is 40.1 Å². The fraction of sp³-hybridized carbons (Fsp3) is 0.0588. The molecule has 2 aromatic rings. The highest BCUT2D eigenvalue weighted by atomic mass is 35.5. The van der Waals surface area contributed by atoms with Gasteiger partial charge in [-0.25, -0.2) is 0 Å². The van der Waals surface area contributed by atoms with Gasteiger partial charge in [-0.15, -0.1) is 0 Å². The van der Waals surface area contributed by atoms with Gasteiger partial charge in [-0.3, -0.25) is 4.79 Å². The van der Waals surface area contributed by atoms with Gasteiger partial charge in [0.1, 0.15) is 11.6 Å². The molecule has 0 aliphatic carbocycles. The molecule has 122 valence electrons. The van der Waals surface area contributed by atoms with Crippen LogP contribution in [-0.2, 0) is 11.3 Å². The van der Waals surface area contributed by atoms with Crippen molar-refractivity contribution < 1.29 is 4.79 Å². The van der Waals surface area contributed by atoms with Crippen molar-refractivity contribution in [3.63, 3.8) is 0 Å². The molecule has 1 amide bonds. The summed E-state index contributed by atoms with van der Waals surface area (Å²) in [5.74, 6) is -0.590. The zero-order valence-electron chi connectivity index (χ0n) is 12.3. The number of carbonyl (C=O) groups excluding carboxylic acids is 1. The van der Waals surface area contributed by atoms with Crippen LogP contribution in [0.5, 0.6) is 0 Å². The molecule has 0 aliphatic rings. The molecular weight excluding hydrogens is 369 g/mol. The summed E-state index contributed by atoms with van der Waals surface area (Å²) < 4.78 is 0. The van der Waals surface area contributed by atoms with Crippen molar-refractivity contribution in [1.29, 1.82) is 5.26 Å². The average Bonchev–Trinajstić information content (AvgIpc) is 2.56. The van der Waals surface area contributed by atoms with E-state index in [1.165, 1.54) is 12.3 Å². The molecule has 0 fully saturated rings. The molecule has 0 heterocycles. The molecule has 0 radical (unpaired) electrons. The number of hydrogen-bond acceptors (Lipinski definition) is 3. The van der Waals surface area contributed by atoms with E-state index in [2.05, 4.69) is 10.6 Å². The first-order valence-corrected chi connectivity index (χ1v) is 7.98. The van der Waals surface area contributed by atoms with E-state index in [0.29, 0.717) is 27.3 Å². The number of amides is 1. The molecule has 0 spiro atoms. The van der Waals surface area contributed by atoms with Crippen molar-refractivity contribution >= 4 is 46.4 Å². The summed E-state index contributed by atoms with van der Waals surface area (Å²) in [6.45, 7) is 0.385. The molecule has 0 aromatic heterocycles.